The van der Waals surface area contributed by atoms with Crippen LogP contribution in [0, 0.1) is 11.8 Å². The molecule has 0 N–H and O–H groups in total. The zero-order valence-electron chi connectivity index (χ0n) is 15.5. The van der Waals surface area contributed by atoms with E-state index in [2.05, 4.69) is 11.8 Å². The molecule has 138 valence electrons. The standard InChI is InChI=1S/C20H22O6/c1-21-13-26-17-10-14(8-9-16(17)22-2)6-7-15-11-18(23-3)20(25-5)19(12-15)24-4/h8-12H,13H2,1-5H3. The summed E-state index contributed by atoms with van der Waals surface area (Å²) in [6.45, 7) is 0.125. The van der Waals surface area contributed by atoms with Crippen molar-refractivity contribution in [2.75, 3.05) is 42.3 Å². The topological polar surface area (TPSA) is 55.4 Å². The van der Waals surface area contributed by atoms with Gasteiger partial charge in [-0.2, -0.15) is 0 Å². The van der Waals surface area contributed by atoms with Crippen LogP contribution in [0.5, 0.6) is 28.7 Å². The van der Waals surface area contributed by atoms with E-state index in [1.165, 1.54) is 0 Å². The summed E-state index contributed by atoms with van der Waals surface area (Å²) in [7, 11) is 7.83. The van der Waals surface area contributed by atoms with E-state index < -0.39 is 0 Å². The summed E-state index contributed by atoms with van der Waals surface area (Å²) in [5.74, 6) is 8.98. The third-order valence-electron chi connectivity index (χ3n) is 3.51. The van der Waals surface area contributed by atoms with Crippen molar-refractivity contribution in [3.63, 3.8) is 0 Å². The highest BCUT2D eigenvalue weighted by atomic mass is 16.7. The lowest BCUT2D eigenvalue weighted by atomic mass is 10.1. The molecule has 6 heteroatoms. The summed E-state index contributed by atoms with van der Waals surface area (Å²) in [6.07, 6.45) is 0. The second-order valence-corrected chi connectivity index (χ2v) is 5.08. The quantitative estimate of drug-likeness (QED) is 0.560. The molecule has 0 saturated carbocycles. The maximum atomic E-state index is 5.50. The molecule has 2 rings (SSSR count). The molecule has 2 aromatic carbocycles. The van der Waals surface area contributed by atoms with E-state index in [1.807, 2.05) is 6.07 Å². The molecule has 0 amide bonds. The summed E-state index contributed by atoms with van der Waals surface area (Å²) in [5, 5.41) is 0. The van der Waals surface area contributed by atoms with Crippen molar-refractivity contribution < 1.29 is 28.4 Å². The Kier molecular flexibility index (Phi) is 7.01. The predicted molar refractivity (Wildman–Crippen MR) is 97.6 cm³/mol. The largest absolute Gasteiger partial charge is 0.493 e. The number of hydrogen-bond donors (Lipinski definition) is 0. The minimum absolute atomic E-state index is 0.125. The number of hydrogen-bond acceptors (Lipinski definition) is 6. The Morgan fingerprint density at radius 2 is 1.23 bits per heavy atom. The van der Waals surface area contributed by atoms with Gasteiger partial charge in [0.05, 0.1) is 28.4 Å². The molecule has 0 heterocycles. The van der Waals surface area contributed by atoms with Crippen molar-refractivity contribution in [2.24, 2.45) is 0 Å². The fourth-order valence-corrected chi connectivity index (χ4v) is 2.29. The van der Waals surface area contributed by atoms with E-state index in [4.69, 9.17) is 28.4 Å². The first-order chi connectivity index (χ1) is 12.7. The molecule has 0 bridgehead atoms. The Bertz CT molecular complexity index is 779. The molecule has 0 radical (unpaired) electrons. The normalized spacial score (nSPS) is 9.73. The lowest BCUT2D eigenvalue weighted by Crippen LogP contribution is -2.01. The van der Waals surface area contributed by atoms with Gasteiger partial charge < -0.3 is 28.4 Å². The van der Waals surface area contributed by atoms with Crippen LogP contribution in [-0.2, 0) is 4.74 Å². The van der Waals surface area contributed by atoms with Crippen LogP contribution in [0.25, 0.3) is 0 Å². The van der Waals surface area contributed by atoms with Gasteiger partial charge in [-0.25, -0.2) is 0 Å². The van der Waals surface area contributed by atoms with Gasteiger partial charge in [-0.3, -0.25) is 0 Å². The molecule has 0 saturated heterocycles. The van der Waals surface area contributed by atoms with Crippen molar-refractivity contribution in [2.45, 2.75) is 0 Å². The summed E-state index contributed by atoms with van der Waals surface area (Å²) < 4.78 is 31.7. The molecule has 0 unspecified atom stereocenters. The SMILES string of the molecule is COCOc1cc(C#Cc2cc(OC)c(OC)c(OC)c2)ccc1OC. The molecule has 0 aliphatic rings. The predicted octanol–water partition coefficient (Wildman–Crippen LogP) is 3.10. The average molecular weight is 358 g/mol. The maximum Gasteiger partial charge on any atom is 0.203 e. The highest BCUT2D eigenvalue weighted by Crippen LogP contribution is 2.38. The van der Waals surface area contributed by atoms with Crippen molar-refractivity contribution in [1.82, 2.24) is 0 Å². The Morgan fingerprint density at radius 3 is 1.77 bits per heavy atom. The van der Waals surface area contributed by atoms with E-state index in [0.717, 1.165) is 11.1 Å². The van der Waals surface area contributed by atoms with Gasteiger partial charge in [0.1, 0.15) is 0 Å². The molecular weight excluding hydrogens is 336 g/mol. The van der Waals surface area contributed by atoms with Crippen LogP contribution in [0.3, 0.4) is 0 Å². The molecule has 0 atom stereocenters. The van der Waals surface area contributed by atoms with Gasteiger partial charge in [0.15, 0.2) is 29.8 Å². The van der Waals surface area contributed by atoms with Gasteiger partial charge in [-0.1, -0.05) is 11.8 Å². The molecule has 0 aliphatic heterocycles. The van der Waals surface area contributed by atoms with Crippen molar-refractivity contribution >= 4 is 0 Å². The lowest BCUT2D eigenvalue weighted by Gasteiger charge is -2.12. The first-order valence-electron chi connectivity index (χ1n) is 7.78. The molecule has 0 aromatic heterocycles. The Labute approximate surface area is 153 Å². The zero-order valence-corrected chi connectivity index (χ0v) is 15.5. The molecule has 0 spiro atoms. The monoisotopic (exact) mass is 358 g/mol. The first-order valence-corrected chi connectivity index (χ1v) is 7.78. The van der Waals surface area contributed by atoms with Gasteiger partial charge in [0, 0.05) is 18.2 Å². The number of methoxy groups -OCH3 is 5. The summed E-state index contributed by atoms with van der Waals surface area (Å²) in [5.41, 5.74) is 1.50. The second-order valence-electron chi connectivity index (χ2n) is 5.08. The van der Waals surface area contributed by atoms with Gasteiger partial charge in [-0.15, -0.1) is 0 Å². The molecule has 6 nitrogen and oxygen atoms in total. The van der Waals surface area contributed by atoms with Crippen LogP contribution in [0.4, 0.5) is 0 Å². The van der Waals surface area contributed by atoms with Crippen LogP contribution < -0.4 is 23.7 Å². The fraction of sp³-hybridized carbons (Fsp3) is 0.300. The summed E-state index contributed by atoms with van der Waals surface area (Å²) >= 11 is 0. The van der Waals surface area contributed by atoms with Crippen LogP contribution in [0.1, 0.15) is 11.1 Å². The van der Waals surface area contributed by atoms with Gasteiger partial charge >= 0.3 is 0 Å². The third kappa shape index (κ3) is 4.52. The molecule has 26 heavy (non-hydrogen) atoms. The first kappa shape index (κ1) is 19.3. The van der Waals surface area contributed by atoms with Crippen molar-refractivity contribution in [3.05, 3.63) is 41.5 Å². The molecule has 2 aromatic rings. The fourth-order valence-electron chi connectivity index (χ4n) is 2.29. The van der Waals surface area contributed by atoms with Crippen molar-refractivity contribution in [3.8, 4) is 40.6 Å². The van der Waals surface area contributed by atoms with Crippen molar-refractivity contribution in [1.29, 1.82) is 0 Å². The van der Waals surface area contributed by atoms with E-state index in [0.29, 0.717) is 28.7 Å². The third-order valence-corrected chi connectivity index (χ3v) is 3.51. The van der Waals surface area contributed by atoms with Crippen LogP contribution in [-0.4, -0.2) is 42.3 Å². The van der Waals surface area contributed by atoms with E-state index >= 15 is 0 Å². The molecular formula is C20H22O6. The lowest BCUT2D eigenvalue weighted by molar-refractivity contribution is 0.0491. The Morgan fingerprint density at radius 1 is 0.654 bits per heavy atom. The van der Waals surface area contributed by atoms with Crippen LogP contribution in [0.15, 0.2) is 30.3 Å². The minimum Gasteiger partial charge on any atom is -0.493 e. The number of benzene rings is 2. The maximum absolute atomic E-state index is 5.50. The minimum atomic E-state index is 0.125. The summed E-state index contributed by atoms with van der Waals surface area (Å²) in [6, 6.07) is 9.02. The van der Waals surface area contributed by atoms with Crippen LogP contribution in [0.2, 0.25) is 0 Å². The highest BCUT2D eigenvalue weighted by Gasteiger charge is 2.12. The number of rotatable bonds is 7. The van der Waals surface area contributed by atoms with Gasteiger partial charge in [0.2, 0.25) is 5.75 Å². The molecule has 0 aliphatic carbocycles. The second kappa shape index (κ2) is 9.44. The zero-order chi connectivity index (χ0) is 18.9. The van der Waals surface area contributed by atoms with Crippen LogP contribution >= 0.6 is 0 Å². The van der Waals surface area contributed by atoms with E-state index in [9.17, 15) is 0 Å². The van der Waals surface area contributed by atoms with Gasteiger partial charge in [0.25, 0.3) is 0 Å². The summed E-state index contributed by atoms with van der Waals surface area (Å²) in [4.78, 5) is 0. The van der Waals surface area contributed by atoms with Gasteiger partial charge in [-0.05, 0) is 30.3 Å². The average Bonchev–Trinajstić information content (AvgIpc) is 2.69. The van der Waals surface area contributed by atoms with E-state index in [1.54, 1.807) is 59.8 Å². The Balaban J connectivity index is 2.36. The van der Waals surface area contributed by atoms with E-state index in [-0.39, 0.29) is 6.79 Å². The Hall–Kier alpha value is -3.04. The smallest absolute Gasteiger partial charge is 0.203 e. The highest BCUT2D eigenvalue weighted by molar-refractivity contribution is 5.58. The molecule has 0 fully saturated rings. The number of ether oxygens (including phenoxy) is 6.